The van der Waals surface area contributed by atoms with Gasteiger partial charge < -0.3 is 10.1 Å². The summed E-state index contributed by atoms with van der Waals surface area (Å²) in [5.74, 6) is 0. The molecular weight excluding hydrogens is 266 g/mol. The van der Waals surface area contributed by atoms with Crippen LogP contribution < -0.4 is 5.32 Å². The molecule has 3 heteroatoms. The Hall–Kier alpha value is -0.380. The topological polar surface area (TPSA) is 21.3 Å². The first-order valence-electron chi connectivity index (χ1n) is 5.79. The fourth-order valence-electron chi connectivity index (χ4n) is 1.45. The van der Waals surface area contributed by atoms with Crippen LogP contribution in [0.2, 0.25) is 0 Å². The van der Waals surface area contributed by atoms with Crippen LogP contribution in [0.25, 0.3) is 0 Å². The predicted molar refractivity (Wildman–Crippen MR) is 71.6 cm³/mol. The second kappa shape index (κ2) is 8.74. The first-order chi connectivity index (χ1) is 7.83. The van der Waals surface area contributed by atoms with Crippen molar-refractivity contribution in [1.82, 2.24) is 5.32 Å². The first-order valence-corrected chi connectivity index (χ1v) is 6.59. The van der Waals surface area contributed by atoms with E-state index >= 15 is 0 Å². The molecule has 16 heavy (non-hydrogen) atoms. The molecule has 0 atom stereocenters. The summed E-state index contributed by atoms with van der Waals surface area (Å²) in [6, 6.07) is 8.27. The van der Waals surface area contributed by atoms with Gasteiger partial charge in [-0.25, -0.2) is 0 Å². The van der Waals surface area contributed by atoms with Crippen LogP contribution in [-0.4, -0.2) is 20.2 Å². The van der Waals surface area contributed by atoms with Gasteiger partial charge in [-0.2, -0.15) is 0 Å². The van der Waals surface area contributed by atoms with Crippen molar-refractivity contribution in [2.75, 3.05) is 20.2 Å². The lowest BCUT2D eigenvalue weighted by Gasteiger charge is -2.04. The molecule has 0 saturated heterocycles. The number of ether oxygens (including phenoxy) is 1. The highest BCUT2D eigenvalue weighted by molar-refractivity contribution is 9.10. The highest BCUT2D eigenvalue weighted by Crippen LogP contribution is 2.11. The lowest BCUT2D eigenvalue weighted by Crippen LogP contribution is -2.07. The molecule has 0 unspecified atom stereocenters. The van der Waals surface area contributed by atoms with Crippen LogP contribution in [0.3, 0.4) is 0 Å². The molecule has 1 N–H and O–H groups in total. The minimum Gasteiger partial charge on any atom is -0.377 e. The zero-order chi connectivity index (χ0) is 11.6. The maximum Gasteiger partial charge on any atom is 0.0716 e. The van der Waals surface area contributed by atoms with E-state index in [-0.39, 0.29) is 0 Å². The Morgan fingerprint density at radius 1 is 1.12 bits per heavy atom. The van der Waals surface area contributed by atoms with Gasteiger partial charge in [0.1, 0.15) is 0 Å². The summed E-state index contributed by atoms with van der Waals surface area (Å²) in [6.45, 7) is 2.69. The summed E-state index contributed by atoms with van der Waals surface area (Å²) in [4.78, 5) is 0. The third kappa shape index (κ3) is 6.26. The molecule has 0 amide bonds. The molecule has 1 aromatic rings. The van der Waals surface area contributed by atoms with Gasteiger partial charge in [-0.1, -0.05) is 28.1 Å². The minimum absolute atomic E-state index is 0.722. The second-order valence-corrected chi connectivity index (χ2v) is 4.76. The Morgan fingerprint density at radius 2 is 1.88 bits per heavy atom. The van der Waals surface area contributed by atoms with Gasteiger partial charge in [0.05, 0.1) is 6.61 Å². The summed E-state index contributed by atoms with van der Waals surface area (Å²) in [7, 11) is 1.99. The van der Waals surface area contributed by atoms with Gasteiger partial charge in [0.2, 0.25) is 0 Å². The molecule has 0 aliphatic rings. The summed E-state index contributed by atoms with van der Waals surface area (Å²) in [5, 5.41) is 3.14. The molecule has 0 aliphatic heterocycles. The molecule has 90 valence electrons. The normalized spacial score (nSPS) is 10.6. The molecule has 0 aromatic heterocycles. The first kappa shape index (κ1) is 13.7. The zero-order valence-corrected chi connectivity index (χ0v) is 11.4. The summed E-state index contributed by atoms with van der Waals surface area (Å²) >= 11 is 3.42. The van der Waals surface area contributed by atoms with Crippen molar-refractivity contribution in [2.45, 2.75) is 25.9 Å². The van der Waals surface area contributed by atoms with Crippen molar-refractivity contribution in [3.63, 3.8) is 0 Å². The van der Waals surface area contributed by atoms with Crippen LogP contribution in [0, 0.1) is 0 Å². The molecule has 0 bridgehead atoms. The number of rotatable bonds is 8. The fourth-order valence-corrected chi connectivity index (χ4v) is 1.72. The Balaban J connectivity index is 2.01. The Morgan fingerprint density at radius 3 is 2.56 bits per heavy atom. The summed E-state index contributed by atoms with van der Waals surface area (Å²) < 4.78 is 6.72. The third-order valence-electron chi connectivity index (χ3n) is 2.40. The van der Waals surface area contributed by atoms with Crippen molar-refractivity contribution in [2.24, 2.45) is 0 Å². The predicted octanol–water partition coefficient (Wildman–Crippen LogP) is 3.36. The number of unbranched alkanes of at least 4 members (excludes halogenated alkanes) is 2. The molecule has 0 fully saturated rings. The van der Waals surface area contributed by atoms with Crippen LogP contribution >= 0.6 is 15.9 Å². The average molecular weight is 286 g/mol. The van der Waals surface area contributed by atoms with E-state index in [0.29, 0.717) is 0 Å². The molecule has 0 spiro atoms. The van der Waals surface area contributed by atoms with E-state index < -0.39 is 0 Å². The monoisotopic (exact) mass is 285 g/mol. The summed E-state index contributed by atoms with van der Waals surface area (Å²) in [6.07, 6.45) is 3.62. The number of hydrogen-bond donors (Lipinski definition) is 1. The zero-order valence-electron chi connectivity index (χ0n) is 9.84. The molecule has 0 aliphatic carbocycles. The molecule has 0 heterocycles. The van der Waals surface area contributed by atoms with E-state index in [2.05, 4.69) is 33.4 Å². The summed E-state index contributed by atoms with van der Waals surface area (Å²) in [5.41, 5.74) is 1.23. The SMILES string of the molecule is CNCCCCCOCc1ccc(Br)cc1. The Labute approximate surface area is 107 Å². The van der Waals surface area contributed by atoms with Crippen LogP contribution in [0.4, 0.5) is 0 Å². The second-order valence-electron chi connectivity index (χ2n) is 3.84. The van der Waals surface area contributed by atoms with Gasteiger partial charge in [0, 0.05) is 11.1 Å². The van der Waals surface area contributed by atoms with Crippen LogP contribution in [-0.2, 0) is 11.3 Å². The lowest BCUT2D eigenvalue weighted by molar-refractivity contribution is 0.117. The van der Waals surface area contributed by atoms with Gasteiger partial charge in [0.25, 0.3) is 0 Å². The molecule has 0 saturated carbocycles. The maximum atomic E-state index is 5.60. The highest BCUT2D eigenvalue weighted by Gasteiger charge is 1.94. The van der Waals surface area contributed by atoms with Crippen molar-refractivity contribution in [3.05, 3.63) is 34.3 Å². The highest BCUT2D eigenvalue weighted by atomic mass is 79.9. The van der Waals surface area contributed by atoms with Crippen molar-refractivity contribution in [1.29, 1.82) is 0 Å². The van der Waals surface area contributed by atoms with E-state index in [4.69, 9.17) is 4.74 Å². The van der Waals surface area contributed by atoms with Crippen LogP contribution in [0.5, 0.6) is 0 Å². The molecule has 1 aromatic carbocycles. The largest absolute Gasteiger partial charge is 0.377 e. The van der Waals surface area contributed by atoms with E-state index in [1.807, 2.05) is 19.2 Å². The van der Waals surface area contributed by atoms with Gasteiger partial charge in [-0.3, -0.25) is 0 Å². The van der Waals surface area contributed by atoms with Gasteiger partial charge >= 0.3 is 0 Å². The van der Waals surface area contributed by atoms with E-state index in [9.17, 15) is 0 Å². The molecule has 1 rings (SSSR count). The standard InChI is InChI=1S/C13H20BrNO/c1-15-9-3-2-4-10-16-11-12-5-7-13(14)8-6-12/h5-8,15H,2-4,9-11H2,1H3. The average Bonchev–Trinajstić information content (AvgIpc) is 2.30. The Kier molecular flexibility index (Phi) is 7.47. The van der Waals surface area contributed by atoms with Gasteiger partial charge in [-0.15, -0.1) is 0 Å². The van der Waals surface area contributed by atoms with E-state index in [1.54, 1.807) is 0 Å². The van der Waals surface area contributed by atoms with Crippen molar-refractivity contribution in [3.8, 4) is 0 Å². The molecule has 2 nitrogen and oxygen atoms in total. The number of nitrogens with one attached hydrogen (secondary N) is 1. The van der Waals surface area contributed by atoms with Crippen molar-refractivity contribution < 1.29 is 4.74 Å². The third-order valence-corrected chi connectivity index (χ3v) is 2.93. The molecule has 0 radical (unpaired) electrons. The van der Waals surface area contributed by atoms with Gasteiger partial charge in [-0.05, 0) is 50.6 Å². The van der Waals surface area contributed by atoms with E-state index in [1.165, 1.54) is 18.4 Å². The van der Waals surface area contributed by atoms with Crippen molar-refractivity contribution >= 4 is 15.9 Å². The maximum absolute atomic E-state index is 5.60. The molecular formula is C13H20BrNO. The fraction of sp³-hybridized carbons (Fsp3) is 0.538. The lowest BCUT2D eigenvalue weighted by atomic mass is 10.2. The Bertz CT molecular complexity index is 274. The van der Waals surface area contributed by atoms with Gasteiger partial charge in [0.15, 0.2) is 0 Å². The van der Waals surface area contributed by atoms with E-state index in [0.717, 1.165) is 30.7 Å². The smallest absolute Gasteiger partial charge is 0.0716 e. The quantitative estimate of drug-likeness (QED) is 0.740. The van der Waals surface area contributed by atoms with Crippen LogP contribution in [0.15, 0.2) is 28.7 Å². The minimum atomic E-state index is 0.722. The number of hydrogen-bond acceptors (Lipinski definition) is 2. The number of benzene rings is 1. The van der Waals surface area contributed by atoms with Crippen LogP contribution in [0.1, 0.15) is 24.8 Å². The number of halogens is 1.